The molecule has 1 aromatic rings. The molecule has 1 aliphatic heterocycles. The van der Waals surface area contributed by atoms with Gasteiger partial charge < -0.3 is 19.2 Å². The molecule has 0 spiro atoms. The van der Waals surface area contributed by atoms with Crippen molar-refractivity contribution in [3.05, 3.63) is 23.2 Å². The maximum atomic E-state index is 12.4. The highest BCUT2D eigenvalue weighted by atomic mass is 16.5. The zero-order chi connectivity index (χ0) is 16.3. The molecule has 0 aliphatic carbocycles. The average molecular weight is 309 g/mol. The van der Waals surface area contributed by atoms with Gasteiger partial charge in [-0.3, -0.25) is 4.79 Å². The van der Waals surface area contributed by atoms with E-state index in [4.69, 9.17) is 14.3 Å². The third-order valence-electron chi connectivity index (χ3n) is 3.67. The fraction of sp³-hybridized carbons (Fsp3) is 0.625. The molecule has 1 amide bonds. The van der Waals surface area contributed by atoms with Crippen LogP contribution >= 0.6 is 0 Å². The molecule has 6 nitrogen and oxygen atoms in total. The second-order valence-electron chi connectivity index (χ2n) is 6.00. The van der Waals surface area contributed by atoms with Gasteiger partial charge in [0.1, 0.15) is 11.3 Å². The van der Waals surface area contributed by atoms with E-state index in [0.29, 0.717) is 37.8 Å². The van der Waals surface area contributed by atoms with E-state index in [1.54, 1.807) is 11.8 Å². The zero-order valence-corrected chi connectivity index (χ0v) is 13.3. The normalized spacial score (nSPS) is 18.2. The van der Waals surface area contributed by atoms with E-state index < -0.39 is 5.97 Å². The summed E-state index contributed by atoms with van der Waals surface area (Å²) in [6.07, 6.45) is 1.28. The van der Waals surface area contributed by atoms with E-state index in [-0.39, 0.29) is 23.3 Å². The zero-order valence-electron chi connectivity index (χ0n) is 13.3. The first-order valence-electron chi connectivity index (χ1n) is 7.69. The Morgan fingerprint density at radius 2 is 2.23 bits per heavy atom. The van der Waals surface area contributed by atoms with E-state index in [2.05, 4.69) is 13.8 Å². The molecule has 1 aliphatic rings. The predicted octanol–water partition coefficient (Wildman–Crippen LogP) is 2.43. The number of carboxylic acids is 1. The van der Waals surface area contributed by atoms with Gasteiger partial charge in [0, 0.05) is 32.2 Å². The van der Waals surface area contributed by atoms with Gasteiger partial charge in [0.15, 0.2) is 5.76 Å². The average Bonchev–Trinajstić information content (AvgIpc) is 3.11. The minimum atomic E-state index is -1.07. The van der Waals surface area contributed by atoms with Gasteiger partial charge in [-0.2, -0.15) is 0 Å². The van der Waals surface area contributed by atoms with Crippen molar-refractivity contribution < 1.29 is 23.8 Å². The minimum Gasteiger partial charge on any atom is -0.478 e. The van der Waals surface area contributed by atoms with Crippen LogP contribution in [-0.2, 0) is 11.2 Å². The lowest BCUT2D eigenvalue weighted by molar-refractivity contribution is 0.0390. The quantitative estimate of drug-likeness (QED) is 0.873. The molecule has 1 fully saturated rings. The van der Waals surface area contributed by atoms with Crippen LogP contribution < -0.4 is 0 Å². The number of carboxylic acid groups (broad SMARTS) is 1. The Labute approximate surface area is 130 Å². The first-order valence-corrected chi connectivity index (χ1v) is 7.69. The monoisotopic (exact) mass is 309 g/mol. The van der Waals surface area contributed by atoms with Crippen LogP contribution in [0.5, 0.6) is 0 Å². The largest absolute Gasteiger partial charge is 0.478 e. The van der Waals surface area contributed by atoms with E-state index >= 15 is 0 Å². The van der Waals surface area contributed by atoms with Crippen molar-refractivity contribution in [1.82, 2.24) is 4.90 Å². The van der Waals surface area contributed by atoms with Crippen LogP contribution in [-0.4, -0.2) is 47.7 Å². The fourth-order valence-corrected chi connectivity index (χ4v) is 2.51. The molecular formula is C16H23NO5. The van der Waals surface area contributed by atoms with Crippen LogP contribution in [0.4, 0.5) is 0 Å². The lowest BCUT2D eigenvalue weighted by atomic mass is 10.2. The summed E-state index contributed by atoms with van der Waals surface area (Å²) in [7, 11) is 0. The maximum absolute atomic E-state index is 12.4. The summed E-state index contributed by atoms with van der Waals surface area (Å²) >= 11 is 0. The number of hydrogen-bond donors (Lipinski definition) is 1. The number of carbonyl (C=O) groups excluding carboxylic acids is 1. The third kappa shape index (κ3) is 3.68. The molecule has 0 bridgehead atoms. The highest BCUT2D eigenvalue weighted by Gasteiger charge is 2.30. The molecule has 1 N–H and O–H groups in total. The van der Waals surface area contributed by atoms with Crippen molar-refractivity contribution in [3.63, 3.8) is 0 Å². The SMILES string of the molecule is CCc1oc(C(=O)N2CCC(OCC(C)C)C2)cc1C(=O)O. The van der Waals surface area contributed by atoms with E-state index in [1.807, 2.05) is 0 Å². The second kappa shape index (κ2) is 6.96. The second-order valence-corrected chi connectivity index (χ2v) is 6.00. The number of nitrogens with zero attached hydrogens (tertiary/aromatic N) is 1. The van der Waals surface area contributed by atoms with Crippen molar-refractivity contribution in [2.45, 2.75) is 39.7 Å². The van der Waals surface area contributed by atoms with Crippen LogP contribution in [0.15, 0.2) is 10.5 Å². The fourth-order valence-electron chi connectivity index (χ4n) is 2.51. The first-order chi connectivity index (χ1) is 10.4. The van der Waals surface area contributed by atoms with Gasteiger partial charge in [0.05, 0.1) is 6.10 Å². The summed E-state index contributed by atoms with van der Waals surface area (Å²) in [5, 5.41) is 9.12. The molecule has 1 aromatic heterocycles. The number of amides is 1. The number of furan rings is 1. The predicted molar refractivity (Wildman–Crippen MR) is 80.1 cm³/mol. The Morgan fingerprint density at radius 3 is 2.77 bits per heavy atom. The van der Waals surface area contributed by atoms with E-state index in [1.165, 1.54) is 6.07 Å². The molecule has 2 rings (SSSR count). The molecule has 0 saturated carbocycles. The molecule has 22 heavy (non-hydrogen) atoms. The number of rotatable bonds is 6. The van der Waals surface area contributed by atoms with Crippen molar-refractivity contribution in [2.24, 2.45) is 5.92 Å². The number of carbonyl (C=O) groups is 2. The molecule has 122 valence electrons. The smallest absolute Gasteiger partial charge is 0.339 e. The summed E-state index contributed by atoms with van der Waals surface area (Å²) in [5.74, 6) is -0.446. The van der Waals surface area contributed by atoms with Gasteiger partial charge in [0.2, 0.25) is 0 Å². The Bertz CT molecular complexity index is 549. The van der Waals surface area contributed by atoms with Crippen LogP contribution in [0, 0.1) is 5.92 Å². The van der Waals surface area contributed by atoms with Gasteiger partial charge >= 0.3 is 5.97 Å². The number of aryl methyl sites for hydroxylation is 1. The number of hydrogen-bond acceptors (Lipinski definition) is 4. The molecule has 1 unspecified atom stereocenters. The third-order valence-corrected chi connectivity index (χ3v) is 3.67. The molecule has 1 atom stereocenters. The summed E-state index contributed by atoms with van der Waals surface area (Å²) in [5.41, 5.74) is 0.0673. The molecule has 0 radical (unpaired) electrons. The summed E-state index contributed by atoms with van der Waals surface area (Å²) < 4.78 is 11.2. The van der Waals surface area contributed by atoms with Gasteiger partial charge in [-0.1, -0.05) is 20.8 Å². The molecule has 1 saturated heterocycles. The van der Waals surface area contributed by atoms with Crippen LogP contribution in [0.3, 0.4) is 0 Å². The number of likely N-dealkylation sites (tertiary alicyclic amines) is 1. The molecule has 2 heterocycles. The lowest BCUT2D eigenvalue weighted by Crippen LogP contribution is -2.30. The summed E-state index contributed by atoms with van der Waals surface area (Å²) in [6.45, 7) is 7.77. The number of ether oxygens (including phenoxy) is 1. The van der Waals surface area contributed by atoms with E-state index in [0.717, 1.165) is 6.42 Å². The molecule has 6 heteroatoms. The van der Waals surface area contributed by atoms with Crippen molar-refractivity contribution in [3.8, 4) is 0 Å². The Morgan fingerprint density at radius 1 is 1.50 bits per heavy atom. The molecular weight excluding hydrogens is 286 g/mol. The van der Waals surface area contributed by atoms with Crippen molar-refractivity contribution in [1.29, 1.82) is 0 Å². The number of aromatic carboxylic acids is 1. The topological polar surface area (TPSA) is 80.0 Å². The van der Waals surface area contributed by atoms with Crippen molar-refractivity contribution in [2.75, 3.05) is 19.7 Å². The van der Waals surface area contributed by atoms with Crippen LogP contribution in [0.2, 0.25) is 0 Å². The van der Waals surface area contributed by atoms with Gasteiger partial charge in [-0.15, -0.1) is 0 Å². The van der Waals surface area contributed by atoms with Crippen LogP contribution in [0.25, 0.3) is 0 Å². The minimum absolute atomic E-state index is 0.0471. The summed E-state index contributed by atoms with van der Waals surface area (Å²) in [6, 6.07) is 1.33. The Kier molecular flexibility index (Phi) is 5.24. The summed E-state index contributed by atoms with van der Waals surface area (Å²) in [4.78, 5) is 25.2. The highest BCUT2D eigenvalue weighted by molar-refractivity contribution is 5.96. The van der Waals surface area contributed by atoms with Gasteiger partial charge in [0.25, 0.3) is 5.91 Å². The van der Waals surface area contributed by atoms with Crippen LogP contribution in [0.1, 0.15) is 53.9 Å². The van der Waals surface area contributed by atoms with Gasteiger partial charge in [-0.25, -0.2) is 4.79 Å². The maximum Gasteiger partial charge on any atom is 0.339 e. The lowest BCUT2D eigenvalue weighted by Gasteiger charge is -2.16. The standard InChI is InChI=1S/C16H23NO5/c1-4-13-12(16(19)20)7-14(22-13)15(18)17-6-5-11(8-17)21-9-10(2)3/h7,10-11H,4-6,8-9H2,1-3H3,(H,19,20). The van der Waals surface area contributed by atoms with Crippen molar-refractivity contribution >= 4 is 11.9 Å². The van der Waals surface area contributed by atoms with Gasteiger partial charge in [-0.05, 0) is 12.3 Å². The Balaban J connectivity index is 2.02. The first kappa shape index (κ1) is 16.5. The highest BCUT2D eigenvalue weighted by Crippen LogP contribution is 2.21. The van der Waals surface area contributed by atoms with E-state index in [9.17, 15) is 9.59 Å². The molecule has 0 aromatic carbocycles. The Hall–Kier alpha value is -1.82.